The number of carbonyl (C=O) groups is 1. The summed E-state index contributed by atoms with van der Waals surface area (Å²) in [4.78, 5) is 21.2. The van der Waals surface area contributed by atoms with Gasteiger partial charge in [-0.1, -0.05) is 35.5 Å². The molecular formula is C21H20ClN3O2S2. The molecule has 1 fully saturated rings. The molecule has 29 heavy (non-hydrogen) atoms. The first-order valence-corrected chi connectivity index (χ1v) is 11.5. The summed E-state index contributed by atoms with van der Waals surface area (Å²) in [6, 6.07) is 13.5. The number of fused-ring (bicyclic) bond motifs is 1. The highest BCUT2D eigenvalue weighted by atomic mass is 35.5. The van der Waals surface area contributed by atoms with E-state index in [1.807, 2.05) is 48.7 Å². The molecular weight excluding hydrogens is 426 g/mol. The lowest BCUT2D eigenvalue weighted by Gasteiger charge is -2.09. The quantitative estimate of drug-likeness (QED) is 0.406. The number of halogens is 1. The average molecular weight is 446 g/mol. The molecule has 2 aromatic carbocycles. The summed E-state index contributed by atoms with van der Waals surface area (Å²) in [5.41, 5.74) is 2.77. The van der Waals surface area contributed by atoms with Crippen LogP contribution < -0.4 is 5.32 Å². The summed E-state index contributed by atoms with van der Waals surface area (Å²) in [6.07, 6.45) is 4.08. The second-order valence-electron chi connectivity index (χ2n) is 6.67. The molecule has 1 N–H and O–H groups in total. The van der Waals surface area contributed by atoms with E-state index in [1.54, 1.807) is 11.3 Å². The average Bonchev–Trinajstić information content (AvgIpc) is 3.39. The van der Waals surface area contributed by atoms with E-state index in [2.05, 4.69) is 15.3 Å². The first-order chi connectivity index (χ1) is 14.2. The lowest BCUT2D eigenvalue weighted by molar-refractivity contribution is -0.119. The van der Waals surface area contributed by atoms with Crippen LogP contribution in [0.25, 0.3) is 10.2 Å². The fourth-order valence-corrected chi connectivity index (χ4v) is 5.00. The van der Waals surface area contributed by atoms with Gasteiger partial charge in [-0.05, 0) is 48.7 Å². The van der Waals surface area contributed by atoms with Crippen LogP contribution in [0.5, 0.6) is 0 Å². The van der Waals surface area contributed by atoms with Gasteiger partial charge in [0.25, 0.3) is 0 Å². The molecule has 2 heterocycles. The Labute approximate surface area is 182 Å². The fourth-order valence-electron chi connectivity index (χ4n) is 2.94. The molecule has 1 amide bonds. The van der Waals surface area contributed by atoms with Crippen molar-refractivity contribution in [2.24, 2.45) is 4.99 Å². The smallest absolute Gasteiger partial charge is 0.230 e. The lowest BCUT2D eigenvalue weighted by Crippen LogP contribution is -2.32. The molecule has 1 aliphatic heterocycles. The van der Waals surface area contributed by atoms with Gasteiger partial charge in [0.1, 0.15) is 0 Å². The van der Waals surface area contributed by atoms with Gasteiger partial charge in [-0.2, -0.15) is 0 Å². The molecule has 150 valence electrons. The third kappa shape index (κ3) is 5.79. The highest BCUT2D eigenvalue weighted by Gasteiger charge is 2.16. The van der Waals surface area contributed by atoms with Crippen LogP contribution in [0.2, 0.25) is 5.02 Å². The van der Waals surface area contributed by atoms with Gasteiger partial charge in [0, 0.05) is 24.4 Å². The number of benzene rings is 2. The monoisotopic (exact) mass is 445 g/mol. The van der Waals surface area contributed by atoms with Crippen molar-refractivity contribution in [3.63, 3.8) is 0 Å². The summed E-state index contributed by atoms with van der Waals surface area (Å²) in [6.45, 7) is 1.39. The van der Waals surface area contributed by atoms with Crippen molar-refractivity contribution < 1.29 is 9.53 Å². The number of ether oxygens (including phenoxy) is 1. The molecule has 1 saturated heterocycles. The van der Waals surface area contributed by atoms with Crippen molar-refractivity contribution >= 4 is 62.7 Å². The molecule has 0 spiro atoms. The minimum absolute atomic E-state index is 0.0120. The SMILES string of the molecule is O=C(CSc1nc2ccc(N=Cc3ccc(Cl)cc3)cc2s1)NCC1CCCO1. The van der Waals surface area contributed by atoms with Gasteiger partial charge < -0.3 is 10.1 Å². The van der Waals surface area contributed by atoms with Crippen LogP contribution in [0.4, 0.5) is 5.69 Å². The number of hydrogen-bond acceptors (Lipinski definition) is 6. The summed E-state index contributed by atoms with van der Waals surface area (Å²) in [5, 5.41) is 3.65. The number of amides is 1. The van der Waals surface area contributed by atoms with Gasteiger partial charge in [0.2, 0.25) is 5.91 Å². The van der Waals surface area contributed by atoms with Crippen molar-refractivity contribution in [3.05, 3.63) is 53.1 Å². The summed E-state index contributed by atoms with van der Waals surface area (Å²) in [5.74, 6) is 0.367. The molecule has 5 nitrogen and oxygen atoms in total. The van der Waals surface area contributed by atoms with Crippen LogP contribution in [-0.2, 0) is 9.53 Å². The van der Waals surface area contributed by atoms with Gasteiger partial charge in [0.05, 0.1) is 27.8 Å². The Kier molecular flexibility index (Phi) is 6.82. The van der Waals surface area contributed by atoms with E-state index in [0.29, 0.717) is 17.3 Å². The zero-order chi connectivity index (χ0) is 20.1. The van der Waals surface area contributed by atoms with E-state index in [1.165, 1.54) is 11.8 Å². The number of rotatable bonds is 7. The highest BCUT2D eigenvalue weighted by molar-refractivity contribution is 8.01. The van der Waals surface area contributed by atoms with Crippen LogP contribution in [0.3, 0.4) is 0 Å². The first kappa shape index (κ1) is 20.3. The van der Waals surface area contributed by atoms with E-state index in [0.717, 1.165) is 45.3 Å². The van der Waals surface area contributed by atoms with Crippen molar-refractivity contribution in [2.75, 3.05) is 18.9 Å². The molecule has 1 atom stereocenters. The molecule has 8 heteroatoms. The summed E-state index contributed by atoms with van der Waals surface area (Å²) in [7, 11) is 0. The van der Waals surface area contributed by atoms with Crippen molar-refractivity contribution in [2.45, 2.75) is 23.3 Å². The van der Waals surface area contributed by atoms with Crippen LogP contribution in [0, 0.1) is 0 Å². The number of thiazole rings is 1. The second-order valence-corrected chi connectivity index (χ2v) is 9.36. The minimum atomic E-state index is 0.0120. The standard InChI is InChI=1S/C21H20ClN3O2S2/c22-15-5-3-14(4-6-15)11-23-16-7-8-18-19(10-16)29-21(25-18)28-13-20(26)24-12-17-2-1-9-27-17/h3-8,10-11,17H,1-2,9,12-13H2,(H,24,26). The summed E-state index contributed by atoms with van der Waals surface area (Å²) >= 11 is 8.94. The maximum Gasteiger partial charge on any atom is 0.230 e. The largest absolute Gasteiger partial charge is 0.376 e. The molecule has 0 bridgehead atoms. The maximum absolute atomic E-state index is 12.0. The van der Waals surface area contributed by atoms with Gasteiger partial charge in [-0.25, -0.2) is 4.98 Å². The topological polar surface area (TPSA) is 63.6 Å². The number of carbonyl (C=O) groups excluding carboxylic acids is 1. The predicted molar refractivity (Wildman–Crippen MR) is 121 cm³/mol. The van der Waals surface area contributed by atoms with E-state index < -0.39 is 0 Å². The van der Waals surface area contributed by atoms with E-state index >= 15 is 0 Å². The van der Waals surface area contributed by atoms with E-state index in [-0.39, 0.29) is 12.0 Å². The zero-order valence-electron chi connectivity index (χ0n) is 15.6. The minimum Gasteiger partial charge on any atom is -0.376 e. The molecule has 0 radical (unpaired) electrons. The van der Waals surface area contributed by atoms with Crippen molar-refractivity contribution in [3.8, 4) is 0 Å². The number of hydrogen-bond donors (Lipinski definition) is 1. The highest BCUT2D eigenvalue weighted by Crippen LogP contribution is 2.32. The Bertz CT molecular complexity index is 1010. The Morgan fingerprint density at radius 1 is 1.34 bits per heavy atom. The molecule has 0 saturated carbocycles. The zero-order valence-corrected chi connectivity index (χ0v) is 18.0. The van der Waals surface area contributed by atoms with Crippen LogP contribution >= 0.6 is 34.7 Å². The Morgan fingerprint density at radius 3 is 3.00 bits per heavy atom. The van der Waals surface area contributed by atoms with Gasteiger partial charge in [-0.3, -0.25) is 9.79 Å². The van der Waals surface area contributed by atoms with E-state index in [9.17, 15) is 4.79 Å². The maximum atomic E-state index is 12.0. The Morgan fingerprint density at radius 2 is 2.21 bits per heavy atom. The van der Waals surface area contributed by atoms with Crippen molar-refractivity contribution in [1.82, 2.24) is 10.3 Å². The number of aromatic nitrogens is 1. The van der Waals surface area contributed by atoms with Gasteiger partial charge in [0.15, 0.2) is 4.34 Å². The molecule has 0 aliphatic carbocycles. The van der Waals surface area contributed by atoms with Gasteiger partial charge >= 0.3 is 0 Å². The normalized spacial score (nSPS) is 16.7. The van der Waals surface area contributed by atoms with Crippen LogP contribution in [0.1, 0.15) is 18.4 Å². The first-order valence-electron chi connectivity index (χ1n) is 9.37. The van der Waals surface area contributed by atoms with E-state index in [4.69, 9.17) is 16.3 Å². The predicted octanol–water partition coefficient (Wildman–Crippen LogP) is 5.09. The Hall–Kier alpha value is -1.93. The second kappa shape index (κ2) is 9.71. The van der Waals surface area contributed by atoms with Crippen LogP contribution in [0.15, 0.2) is 51.8 Å². The van der Waals surface area contributed by atoms with Crippen LogP contribution in [-0.4, -0.2) is 42.1 Å². The third-order valence-electron chi connectivity index (χ3n) is 4.46. The molecule has 3 aromatic rings. The molecule has 1 aliphatic rings. The van der Waals surface area contributed by atoms with Gasteiger partial charge in [-0.15, -0.1) is 11.3 Å². The number of thioether (sulfide) groups is 1. The molecule has 4 rings (SSSR count). The lowest BCUT2D eigenvalue weighted by atomic mass is 10.2. The molecule has 1 unspecified atom stereocenters. The summed E-state index contributed by atoms with van der Waals surface area (Å²) < 4.78 is 7.46. The third-order valence-corrected chi connectivity index (χ3v) is 6.88. The Balaban J connectivity index is 1.34. The number of nitrogens with one attached hydrogen (secondary N) is 1. The number of aliphatic imine (C=N–C) groups is 1. The fraction of sp³-hybridized carbons (Fsp3) is 0.286. The van der Waals surface area contributed by atoms with Crippen molar-refractivity contribution in [1.29, 1.82) is 0 Å². The number of nitrogens with zero attached hydrogens (tertiary/aromatic N) is 2. The molecule has 1 aromatic heterocycles.